The monoisotopic (exact) mass is 248 g/mol. The number of anilines is 1. The highest BCUT2D eigenvalue weighted by atomic mass is 19.1. The number of hydrogen-bond acceptors (Lipinski definition) is 3. The van der Waals surface area contributed by atoms with Gasteiger partial charge in [-0.2, -0.15) is 4.98 Å². The minimum atomic E-state index is -0.301. The van der Waals surface area contributed by atoms with Crippen LogP contribution in [0.25, 0.3) is 5.65 Å². The van der Waals surface area contributed by atoms with Gasteiger partial charge in [-0.15, -0.1) is 5.10 Å². The van der Waals surface area contributed by atoms with E-state index in [0.29, 0.717) is 11.6 Å². The molecule has 1 N–H and O–H groups in total. The van der Waals surface area contributed by atoms with Crippen molar-refractivity contribution in [2.75, 3.05) is 11.9 Å². The Morgan fingerprint density at radius 1 is 1.33 bits per heavy atom. The van der Waals surface area contributed by atoms with E-state index in [1.807, 2.05) is 0 Å². The van der Waals surface area contributed by atoms with E-state index in [0.717, 1.165) is 12.5 Å². The van der Waals surface area contributed by atoms with Crippen LogP contribution in [0.4, 0.5) is 10.3 Å². The van der Waals surface area contributed by atoms with Crippen LogP contribution in [0, 0.1) is 11.7 Å². The Bertz CT molecular complexity index is 531. The summed E-state index contributed by atoms with van der Waals surface area (Å²) >= 11 is 0. The van der Waals surface area contributed by atoms with Crippen molar-refractivity contribution in [1.29, 1.82) is 0 Å². The number of hydrogen-bond donors (Lipinski definition) is 1. The average Bonchev–Trinajstić information content (AvgIpc) is 2.97. The second kappa shape index (κ2) is 4.92. The molecule has 2 aromatic heterocycles. The van der Waals surface area contributed by atoms with Crippen LogP contribution >= 0.6 is 0 Å². The van der Waals surface area contributed by atoms with Crippen LogP contribution in [0.3, 0.4) is 0 Å². The summed E-state index contributed by atoms with van der Waals surface area (Å²) in [7, 11) is 0. The molecule has 0 unspecified atom stereocenters. The van der Waals surface area contributed by atoms with Gasteiger partial charge < -0.3 is 5.32 Å². The van der Waals surface area contributed by atoms with Crippen molar-refractivity contribution < 1.29 is 4.39 Å². The molecule has 0 bridgehead atoms. The van der Waals surface area contributed by atoms with Crippen molar-refractivity contribution in [3.8, 4) is 0 Å². The molecule has 1 aliphatic rings. The molecule has 0 saturated heterocycles. The summed E-state index contributed by atoms with van der Waals surface area (Å²) in [5.41, 5.74) is 0.666. The van der Waals surface area contributed by atoms with E-state index in [1.54, 1.807) is 6.07 Å². The lowest BCUT2D eigenvalue weighted by atomic mass is 10.0. The zero-order valence-electron chi connectivity index (χ0n) is 10.3. The van der Waals surface area contributed by atoms with Crippen LogP contribution in [-0.2, 0) is 0 Å². The smallest absolute Gasteiger partial charge is 0.243 e. The lowest BCUT2D eigenvalue weighted by Crippen LogP contribution is -2.07. The topological polar surface area (TPSA) is 42.2 Å². The minimum Gasteiger partial charge on any atom is -0.353 e. The molecule has 2 heterocycles. The zero-order chi connectivity index (χ0) is 12.4. The number of nitrogens with one attached hydrogen (secondary N) is 1. The first-order valence-corrected chi connectivity index (χ1v) is 6.57. The number of halogens is 1. The summed E-state index contributed by atoms with van der Waals surface area (Å²) in [6.45, 7) is 0.893. The van der Waals surface area contributed by atoms with E-state index >= 15 is 0 Å². The van der Waals surface area contributed by atoms with Crippen LogP contribution in [0.15, 0.2) is 18.3 Å². The van der Waals surface area contributed by atoms with Crippen molar-refractivity contribution in [2.45, 2.75) is 32.1 Å². The number of rotatable bonds is 4. The lowest BCUT2D eigenvalue weighted by molar-refractivity contribution is 0.518. The lowest BCUT2D eigenvalue weighted by Gasteiger charge is -2.07. The largest absolute Gasteiger partial charge is 0.353 e. The molecule has 96 valence electrons. The Hall–Kier alpha value is -1.65. The highest BCUT2D eigenvalue weighted by molar-refractivity contribution is 5.42. The molecule has 0 aliphatic heterocycles. The fraction of sp³-hybridized carbons (Fsp3) is 0.538. The van der Waals surface area contributed by atoms with Gasteiger partial charge in [-0.3, -0.25) is 0 Å². The summed E-state index contributed by atoms with van der Waals surface area (Å²) in [6, 6.07) is 3.02. The minimum absolute atomic E-state index is 0.301. The van der Waals surface area contributed by atoms with Gasteiger partial charge in [0.15, 0.2) is 5.65 Å². The highest BCUT2D eigenvalue weighted by Gasteiger charge is 2.14. The standard InChI is InChI=1S/C13H17FN4/c14-11-5-6-12-16-13(17-18(12)9-11)15-8-7-10-3-1-2-4-10/h5-6,9-10H,1-4,7-8H2,(H,15,17). The second-order valence-corrected chi connectivity index (χ2v) is 4.95. The highest BCUT2D eigenvalue weighted by Crippen LogP contribution is 2.27. The maximum Gasteiger partial charge on any atom is 0.243 e. The molecule has 1 aliphatic carbocycles. The van der Waals surface area contributed by atoms with Crippen LogP contribution < -0.4 is 5.32 Å². The summed E-state index contributed by atoms with van der Waals surface area (Å²) in [5, 5.41) is 7.41. The summed E-state index contributed by atoms with van der Waals surface area (Å²) < 4.78 is 14.5. The predicted octanol–water partition coefficient (Wildman–Crippen LogP) is 2.86. The molecule has 0 amide bonds. The Labute approximate surface area is 105 Å². The molecule has 3 rings (SSSR count). The maximum atomic E-state index is 13.0. The molecule has 2 aromatic rings. The fourth-order valence-electron chi connectivity index (χ4n) is 2.62. The molecular weight excluding hydrogens is 231 g/mol. The first-order valence-electron chi connectivity index (χ1n) is 6.57. The zero-order valence-corrected chi connectivity index (χ0v) is 10.3. The molecule has 18 heavy (non-hydrogen) atoms. The van der Waals surface area contributed by atoms with Crippen molar-refractivity contribution in [3.05, 3.63) is 24.1 Å². The molecule has 4 nitrogen and oxygen atoms in total. The van der Waals surface area contributed by atoms with Gasteiger partial charge in [0.2, 0.25) is 5.95 Å². The Balaban J connectivity index is 1.60. The number of pyridine rings is 1. The number of aromatic nitrogens is 3. The molecule has 0 spiro atoms. The van der Waals surface area contributed by atoms with E-state index < -0.39 is 0 Å². The average molecular weight is 248 g/mol. The van der Waals surface area contributed by atoms with Crippen molar-refractivity contribution in [1.82, 2.24) is 14.6 Å². The van der Waals surface area contributed by atoms with E-state index in [1.165, 1.54) is 48.9 Å². The van der Waals surface area contributed by atoms with E-state index in [4.69, 9.17) is 0 Å². The van der Waals surface area contributed by atoms with Crippen LogP contribution in [-0.4, -0.2) is 21.1 Å². The van der Waals surface area contributed by atoms with Crippen molar-refractivity contribution >= 4 is 11.6 Å². The second-order valence-electron chi connectivity index (χ2n) is 4.95. The summed E-state index contributed by atoms with van der Waals surface area (Å²) in [4.78, 5) is 4.29. The van der Waals surface area contributed by atoms with E-state index in [2.05, 4.69) is 15.4 Å². The van der Waals surface area contributed by atoms with Gasteiger partial charge in [-0.05, 0) is 24.5 Å². The van der Waals surface area contributed by atoms with Crippen molar-refractivity contribution in [3.63, 3.8) is 0 Å². The molecule has 0 aromatic carbocycles. The van der Waals surface area contributed by atoms with Crippen LogP contribution in [0.2, 0.25) is 0 Å². The summed E-state index contributed by atoms with van der Waals surface area (Å²) in [5.74, 6) is 1.13. The van der Waals surface area contributed by atoms with Crippen LogP contribution in [0.5, 0.6) is 0 Å². The van der Waals surface area contributed by atoms with Crippen LogP contribution in [0.1, 0.15) is 32.1 Å². The molecule has 5 heteroatoms. The Morgan fingerprint density at radius 2 is 2.17 bits per heavy atom. The van der Waals surface area contributed by atoms with Gasteiger partial charge in [0.25, 0.3) is 0 Å². The van der Waals surface area contributed by atoms with E-state index in [9.17, 15) is 4.39 Å². The first-order chi connectivity index (χ1) is 8.81. The third-order valence-corrected chi connectivity index (χ3v) is 3.61. The molecular formula is C13H17FN4. The number of fused-ring (bicyclic) bond motifs is 1. The molecule has 1 fully saturated rings. The van der Waals surface area contributed by atoms with Gasteiger partial charge in [0, 0.05) is 6.54 Å². The maximum absolute atomic E-state index is 13.0. The third-order valence-electron chi connectivity index (χ3n) is 3.61. The molecule has 0 atom stereocenters. The van der Waals surface area contributed by atoms with E-state index in [-0.39, 0.29) is 5.82 Å². The Kier molecular flexibility index (Phi) is 3.13. The molecule has 0 radical (unpaired) electrons. The SMILES string of the molecule is Fc1ccc2nc(NCCC3CCCC3)nn2c1. The van der Waals surface area contributed by atoms with Gasteiger partial charge in [-0.1, -0.05) is 25.7 Å². The quantitative estimate of drug-likeness (QED) is 0.904. The number of nitrogens with zero attached hydrogens (tertiary/aromatic N) is 3. The van der Waals surface area contributed by atoms with Gasteiger partial charge in [-0.25, -0.2) is 8.91 Å². The fourth-order valence-corrected chi connectivity index (χ4v) is 2.62. The van der Waals surface area contributed by atoms with Crippen molar-refractivity contribution in [2.24, 2.45) is 5.92 Å². The van der Waals surface area contributed by atoms with Gasteiger partial charge in [0.1, 0.15) is 5.82 Å². The summed E-state index contributed by atoms with van der Waals surface area (Å²) in [6.07, 6.45) is 7.96. The van der Waals surface area contributed by atoms with Gasteiger partial charge >= 0.3 is 0 Å². The van der Waals surface area contributed by atoms with Gasteiger partial charge in [0.05, 0.1) is 6.20 Å². The Morgan fingerprint density at radius 3 is 3.00 bits per heavy atom. The predicted molar refractivity (Wildman–Crippen MR) is 68.0 cm³/mol. The normalized spacial score (nSPS) is 16.5. The third kappa shape index (κ3) is 2.44. The first kappa shape index (κ1) is 11.4. The molecule has 1 saturated carbocycles.